The molecule has 0 radical (unpaired) electrons. The van der Waals surface area contributed by atoms with Gasteiger partial charge in [0, 0.05) is 16.5 Å². The van der Waals surface area contributed by atoms with Crippen LogP contribution in [-0.2, 0) is 0 Å². The highest BCUT2D eigenvalue weighted by atomic mass is 16.3. The summed E-state index contributed by atoms with van der Waals surface area (Å²) in [5.74, 6) is 1.18. The van der Waals surface area contributed by atoms with Crippen LogP contribution in [0.15, 0.2) is 71.1 Å². The molecule has 0 saturated carbocycles. The summed E-state index contributed by atoms with van der Waals surface area (Å²) in [6, 6.07) is 20.5. The van der Waals surface area contributed by atoms with Crippen LogP contribution in [0.25, 0.3) is 33.4 Å². The van der Waals surface area contributed by atoms with Gasteiger partial charge in [-0.1, -0.05) is 30.3 Å². The van der Waals surface area contributed by atoms with E-state index in [9.17, 15) is 10.2 Å². The maximum Gasteiger partial charge on any atom is 0.143 e. The molecule has 0 spiro atoms. The van der Waals surface area contributed by atoms with Gasteiger partial charge in [0.1, 0.15) is 22.8 Å². The first kappa shape index (κ1) is 14.4. The molecule has 4 aromatic rings. The second kappa shape index (κ2) is 5.46. The summed E-state index contributed by atoms with van der Waals surface area (Å²) < 4.78 is 6.12. The molecule has 118 valence electrons. The molecule has 24 heavy (non-hydrogen) atoms. The van der Waals surface area contributed by atoms with Crippen molar-refractivity contribution in [1.82, 2.24) is 0 Å². The number of benzene rings is 3. The molecule has 3 heteroatoms. The molecular formula is C21H16O3. The fourth-order valence-corrected chi connectivity index (χ4v) is 2.94. The van der Waals surface area contributed by atoms with Crippen molar-refractivity contribution in [3.8, 4) is 33.9 Å². The van der Waals surface area contributed by atoms with E-state index in [0.717, 1.165) is 39.0 Å². The summed E-state index contributed by atoms with van der Waals surface area (Å²) in [5, 5.41) is 20.5. The van der Waals surface area contributed by atoms with Crippen molar-refractivity contribution < 1.29 is 14.6 Å². The molecule has 0 saturated heterocycles. The van der Waals surface area contributed by atoms with E-state index in [0.29, 0.717) is 0 Å². The average molecular weight is 316 g/mol. The Bertz CT molecular complexity index is 1010. The molecule has 0 aliphatic rings. The number of aryl methyl sites for hydroxylation is 1. The number of phenols is 2. The van der Waals surface area contributed by atoms with Crippen molar-refractivity contribution in [3.05, 3.63) is 72.3 Å². The van der Waals surface area contributed by atoms with Crippen molar-refractivity contribution in [2.75, 3.05) is 0 Å². The maximum absolute atomic E-state index is 10.1. The first-order chi connectivity index (χ1) is 11.6. The van der Waals surface area contributed by atoms with Gasteiger partial charge in [-0.3, -0.25) is 0 Å². The Morgan fingerprint density at radius 2 is 1.50 bits per heavy atom. The molecule has 0 amide bonds. The van der Waals surface area contributed by atoms with E-state index in [-0.39, 0.29) is 11.5 Å². The fraction of sp³-hybridized carbons (Fsp3) is 0.0476. The highest BCUT2D eigenvalue weighted by molar-refractivity contribution is 6.02. The standard InChI is InChI=1S/C21H16O3/c1-13-11-19-17(12-18(13)23)20(14-5-3-2-4-6-14)21(24-19)15-7-9-16(22)10-8-15/h2-12,22-23H,1H3. The number of hydrogen-bond acceptors (Lipinski definition) is 3. The number of aromatic hydroxyl groups is 2. The molecule has 0 unspecified atom stereocenters. The third-order valence-electron chi connectivity index (χ3n) is 4.20. The Morgan fingerprint density at radius 3 is 2.21 bits per heavy atom. The lowest BCUT2D eigenvalue weighted by Gasteiger charge is -2.04. The molecule has 3 aromatic carbocycles. The molecule has 0 atom stereocenters. The molecule has 1 heterocycles. The van der Waals surface area contributed by atoms with Crippen LogP contribution in [-0.4, -0.2) is 10.2 Å². The largest absolute Gasteiger partial charge is 0.508 e. The van der Waals surface area contributed by atoms with E-state index in [1.807, 2.05) is 55.5 Å². The second-order valence-corrected chi connectivity index (χ2v) is 5.85. The van der Waals surface area contributed by atoms with Gasteiger partial charge < -0.3 is 14.6 Å². The lowest BCUT2D eigenvalue weighted by atomic mass is 9.98. The topological polar surface area (TPSA) is 53.6 Å². The van der Waals surface area contributed by atoms with Gasteiger partial charge in [0.25, 0.3) is 0 Å². The smallest absolute Gasteiger partial charge is 0.143 e. The van der Waals surface area contributed by atoms with Crippen LogP contribution in [0.3, 0.4) is 0 Å². The van der Waals surface area contributed by atoms with Crippen molar-refractivity contribution in [2.24, 2.45) is 0 Å². The number of rotatable bonds is 2. The van der Waals surface area contributed by atoms with Gasteiger partial charge in [-0.15, -0.1) is 0 Å². The van der Waals surface area contributed by atoms with E-state index >= 15 is 0 Å². The van der Waals surface area contributed by atoms with E-state index in [2.05, 4.69) is 0 Å². The van der Waals surface area contributed by atoms with Gasteiger partial charge in [0.05, 0.1) is 0 Å². The molecular weight excluding hydrogens is 300 g/mol. The summed E-state index contributed by atoms with van der Waals surface area (Å²) in [5.41, 5.74) is 4.33. The molecule has 0 aliphatic heterocycles. The third kappa shape index (κ3) is 2.31. The lowest BCUT2D eigenvalue weighted by Crippen LogP contribution is -1.81. The summed E-state index contributed by atoms with van der Waals surface area (Å²) >= 11 is 0. The zero-order valence-electron chi connectivity index (χ0n) is 13.2. The molecule has 0 fully saturated rings. The predicted molar refractivity (Wildman–Crippen MR) is 95.2 cm³/mol. The normalized spacial score (nSPS) is 11.0. The number of furan rings is 1. The highest BCUT2D eigenvalue weighted by Crippen LogP contribution is 2.42. The summed E-state index contributed by atoms with van der Waals surface area (Å²) in [4.78, 5) is 0. The Hall–Kier alpha value is -3.20. The SMILES string of the molecule is Cc1cc2oc(-c3ccc(O)cc3)c(-c3ccccc3)c2cc1O. The second-order valence-electron chi connectivity index (χ2n) is 5.85. The summed E-state index contributed by atoms with van der Waals surface area (Å²) in [6.07, 6.45) is 0. The Balaban J connectivity index is 2.07. The van der Waals surface area contributed by atoms with Crippen molar-refractivity contribution in [2.45, 2.75) is 6.92 Å². The van der Waals surface area contributed by atoms with E-state index in [1.165, 1.54) is 0 Å². The van der Waals surface area contributed by atoms with Crippen LogP contribution < -0.4 is 0 Å². The number of phenolic OH excluding ortho intramolecular Hbond substituents is 2. The molecule has 3 nitrogen and oxygen atoms in total. The first-order valence-corrected chi connectivity index (χ1v) is 7.74. The van der Waals surface area contributed by atoms with Gasteiger partial charge >= 0.3 is 0 Å². The van der Waals surface area contributed by atoms with Crippen LogP contribution in [0.5, 0.6) is 11.5 Å². The molecule has 2 N–H and O–H groups in total. The van der Waals surface area contributed by atoms with Gasteiger partial charge in [0.15, 0.2) is 0 Å². The van der Waals surface area contributed by atoms with Crippen molar-refractivity contribution >= 4 is 11.0 Å². The zero-order valence-corrected chi connectivity index (χ0v) is 13.2. The van der Waals surface area contributed by atoms with Crippen LogP contribution in [0.2, 0.25) is 0 Å². The van der Waals surface area contributed by atoms with E-state index < -0.39 is 0 Å². The molecule has 4 rings (SSSR count). The lowest BCUT2D eigenvalue weighted by molar-refractivity contribution is 0.471. The quantitative estimate of drug-likeness (QED) is 0.514. The van der Waals surface area contributed by atoms with Gasteiger partial charge in [0.2, 0.25) is 0 Å². The van der Waals surface area contributed by atoms with E-state index in [1.54, 1.807) is 18.2 Å². The number of fused-ring (bicyclic) bond motifs is 1. The Morgan fingerprint density at radius 1 is 0.792 bits per heavy atom. The predicted octanol–water partition coefficient (Wildman–Crippen LogP) is 5.49. The Kier molecular flexibility index (Phi) is 3.28. The maximum atomic E-state index is 10.1. The van der Waals surface area contributed by atoms with Gasteiger partial charge in [-0.05, 0) is 54.4 Å². The Labute approximate surface area is 139 Å². The van der Waals surface area contributed by atoms with Crippen LogP contribution in [0.4, 0.5) is 0 Å². The van der Waals surface area contributed by atoms with Crippen LogP contribution in [0.1, 0.15) is 5.56 Å². The molecule has 0 aliphatic carbocycles. The fourth-order valence-electron chi connectivity index (χ4n) is 2.94. The first-order valence-electron chi connectivity index (χ1n) is 7.74. The number of hydrogen-bond donors (Lipinski definition) is 2. The third-order valence-corrected chi connectivity index (χ3v) is 4.20. The summed E-state index contributed by atoms with van der Waals surface area (Å²) in [7, 11) is 0. The minimum Gasteiger partial charge on any atom is -0.508 e. The van der Waals surface area contributed by atoms with Crippen LogP contribution in [0, 0.1) is 6.92 Å². The van der Waals surface area contributed by atoms with E-state index in [4.69, 9.17) is 4.42 Å². The molecule has 0 bridgehead atoms. The summed E-state index contributed by atoms with van der Waals surface area (Å²) in [6.45, 7) is 1.85. The van der Waals surface area contributed by atoms with Crippen molar-refractivity contribution in [3.63, 3.8) is 0 Å². The highest BCUT2D eigenvalue weighted by Gasteiger charge is 2.18. The van der Waals surface area contributed by atoms with Gasteiger partial charge in [-0.25, -0.2) is 0 Å². The van der Waals surface area contributed by atoms with Crippen LogP contribution >= 0.6 is 0 Å². The van der Waals surface area contributed by atoms with Gasteiger partial charge in [-0.2, -0.15) is 0 Å². The zero-order chi connectivity index (χ0) is 16.7. The monoisotopic (exact) mass is 316 g/mol. The average Bonchev–Trinajstić information content (AvgIpc) is 2.95. The van der Waals surface area contributed by atoms with Crippen molar-refractivity contribution in [1.29, 1.82) is 0 Å². The minimum atomic E-state index is 0.213. The molecule has 1 aromatic heterocycles. The minimum absolute atomic E-state index is 0.213.